The number of benzene rings is 1. The molecule has 5 heteroatoms. The zero-order chi connectivity index (χ0) is 14.0. The summed E-state index contributed by atoms with van der Waals surface area (Å²) in [5.74, 6) is 0.112. The van der Waals surface area contributed by atoms with Crippen LogP contribution in [0.25, 0.3) is 0 Å². The number of methoxy groups -OCH3 is 2. The minimum atomic E-state index is -0.913. The minimum Gasteiger partial charge on any atom is -0.493 e. The standard InChI is InChI=1S/C14H17ClO4/c1-18-11-8-9(15)7-10(12(11)19-2)14(13(16)17)5-3-4-6-14/h7-8H,3-6H2,1-2H3,(H,16,17). The highest BCUT2D eigenvalue weighted by atomic mass is 35.5. The fourth-order valence-corrected chi connectivity index (χ4v) is 3.07. The average molecular weight is 285 g/mol. The molecule has 0 atom stereocenters. The number of halogens is 1. The number of hydrogen-bond acceptors (Lipinski definition) is 3. The van der Waals surface area contributed by atoms with Crippen LogP contribution in [0.15, 0.2) is 12.1 Å². The Morgan fingerprint density at radius 2 is 1.89 bits per heavy atom. The van der Waals surface area contributed by atoms with E-state index in [4.69, 9.17) is 21.1 Å². The molecular weight excluding hydrogens is 268 g/mol. The summed E-state index contributed by atoms with van der Waals surface area (Å²) < 4.78 is 10.6. The lowest BCUT2D eigenvalue weighted by Crippen LogP contribution is -2.33. The summed E-state index contributed by atoms with van der Waals surface area (Å²) in [6.45, 7) is 0. The molecule has 0 radical (unpaired) electrons. The molecule has 0 spiro atoms. The van der Waals surface area contributed by atoms with Crippen molar-refractivity contribution in [3.63, 3.8) is 0 Å². The Bertz CT molecular complexity index is 492. The molecule has 0 unspecified atom stereocenters. The Morgan fingerprint density at radius 3 is 2.37 bits per heavy atom. The van der Waals surface area contributed by atoms with E-state index in [-0.39, 0.29) is 0 Å². The number of carbonyl (C=O) groups is 1. The zero-order valence-electron chi connectivity index (χ0n) is 11.0. The van der Waals surface area contributed by atoms with Crippen molar-refractivity contribution in [2.75, 3.05) is 14.2 Å². The summed E-state index contributed by atoms with van der Waals surface area (Å²) in [5, 5.41) is 10.1. The lowest BCUT2D eigenvalue weighted by atomic mass is 9.78. The van der Waals surface area contributed by atoms with Crippen molar-refractivity contribution in [2.24, 2.45) is 0 Å². The van der Waals surface area contributed by atoms with Crippen molar-refractivity contribution in [2.45, 2.75) is 31.1 Å². The van der Waals surface area contributed by atoms with Gasteiger partial charge >= 0.3 is 5.97 Å². The first-order valence-corrected chi connectivity index (χ1v) is 6.58. The maximum atomic E-state index is 11.8. The molecule has 1 aliphatic rings. The first kappa shape index (κ1) is 14.0. The van der Waals surface area contributed by atoms with Gasteiger partial charge in [0.1, 0.15) is 0 Å². The molecule has 104 valence electrons. The maximum absolute atomic E-state index is 11.8. The molecule has 4 nitrogen and oxygen atoms in total. The molecule has 1 aromatic rings. The lowest BCUT2D eigenvalue weighted by molar-refractivity contribution is -0.143. The second-order valence-corrected chi connectivity index (χ2v) is 5.22. The third kappa shape index (κ3) is 2.25. The summed E-state index contributed by atoms with van der Waals surface area (Å²) in [6.07, 6.45) is 2.99. The fraction of sp³-hybridized carbons (Fsp3) is 0.500. The van der Waals surface area contributed by atoms with Gasteiger partial charge in [-0.2, -0.15) is 0 Å². The van der Waals surface area contributed by atoms with E-state index in [9.17, 15) is 9.90 Å². The molecule has 0 amide bonds. The molecule has 0 heterocycles. The van der Waals surface area contributed by atoms with Gasteiger partial charge in [-0.25, -0.2) is 0 Å². The van der Waals surface area contributed by atoms with Gasteiger partial charge in [-0.3, -0.25) is 4.79 Å². The first-order chi connectivity index (χ1) is 9.05. The quantitative estimate of drug-likeness (QED) is 0.922. The SMILES string of the molecule is COc1cc(Cl)cc(C2(C(=O)O)CCCC2)c1OC. The average Bonchev–Trinajstić information content (AvgIpc) is 2.88. The van der Waals surface area contributed by atoms with Crippen LogP contribution in [0.2, 0.25) is 5.02 Å². The van der Waals surface area contributed by atoms with E-state index in [1.807, 2.05) is 0 Å². The number of aliphatic carboxylic acids is 1. The van der Waals surface area contributed by atoms with E-state index in [2.05, 4.69) is 0 Å². The summed E-state index contributed by atoms with van der Waals surface area (Å²) in [6, 6.07) is 3.32. The van der Waals surface area contributed by atoms with Gasteiger partial charge in [-0.1, -0.05) is 24.4 Å². The fourth-order valence-electron chi connectivity index (χ4n) is 2.86. The molecule has 1 fully saturated rings. The smallest absolute Gasteiger partial charge is 0.314 e. The molecule has 1 saturated carbocycles. The predicted molar refractivity (Wildman–Crippen MR) is 72.3 cm³/mol. The van der Waals surface area contributed by atoms with Crippen molar-refractivity contribution in [3.05, 3.63) is 22.7 Å². The molecule has 0 saturated heterocycles. The van der Waals surface area contributed by atoms with Crippen molar-refractivity contribution in [1.29, 1.82) is 0 Å². The van der Waals surface area contributed by atoms with E-state index in [1.54, 1.807) is 12.1 Å². The highest BCUT2D eigenvalue weighted by Crippen LogP contribution is 2.48. The van der Waals surface area contributed by atoms with Gasteiger partial charge < -0.3 is 14.6 Å². The molecule has 1 aromatic carbocycles. The third-order valence-corrected chi connectivity index (χ3v) is 4.04. The first-order valence-electron chi connectivity index (χ1n) is 6.20. The van der Waals surface area contributed by atoms with Crippen LogP contribution in [0.5, 0.6) is 11.5 Å². The molecule has 19 heavy (non-hydrogen) atoms. The van der Waals surface area contributed by atoms with Crippen LogP contribution >= 0.6 is 11.6 Å². The normalized spacial score (nSPS) is 17.2. The minimum absolute atomic E-state index is 0.458. The van der Waals surface area contributed by atoms with Crippen molar-refractivity contribution >= 4 is 17.6 Å². The largest absolute Gasteiger partial charge is 0.493 e. The Balaban J connectivity index is 2.65. The Hall–Kier alpha value is -1.42. The molecule has 0 aliphatic heterocycles. The van der Waals surface area contributed by atoms with Crippen LogP contribution < -0.4 is 9.47 Å². The Kier molecular flexibility index (Phi) is 3.90. The van der Waals surface area contributed by atoms with Gasteiger partial charge in [0.25, 0.3) is 0 Å². The van der Waals surface area contributed by atoms with Gasteiger partial charge in [0.2, 0.25) is 0 Å². The number of carboxylic acids is 1. The molecule has 2 rings (SSSR count). The summed E-state index contributed by atoms with van der Waals surface area (Å²) in [4.78, 5) is 11.8. The van der Waals surface area contributed by atoms with Gasteiger partial charge in [0.15, 0.2) is 11.5 Å². The van der Waals surface area contributed by atoms with Gasteiger partial charge in [0, 0.05) is 16.7 Å². The lowest BCUT2D eigenvalue weighted by Gasteiger charge is -2.27. The van der Waals surface area contributed by atoms with Crippen LogP contribution in [0, 0.1) is 0 Å². The van der Waals surface area contributed by atoms with Gasteiger partial charge in [-0.05, 0) is 18.9 Å². The number of carboxylic acid groups (broad SMARTS) is 1. The van der Waals surface area contributed by atoms with E-state index in [1.165, 1.54) is 14.2 Å². The Morgan fingerprint density at radius 1 is 1.26 bits per heavy atom. The predicted octanol–water partition coefficient (Wildman–Crippen LogP) is 3.25. The molecule has 0 aromatic heterocycles. The van der Waals surface area contributed by atoms with E-state index < -0.39 is 11.4 Å². The molecule has 1 N–H and O–H groups in total. The van der Waals surface area contributed by atoms with Crippen molar-refractivity contribution < 1.29 is 19.4 Å². The third-order valence-electron chi connectivity index (χ3n) is 3.83. The number of rotatable bonds is 4. The second-order valence-electron chi connectivity index (χ2n) is 4.78. The Labute approximate surface area is 117 Å². The van der Waals surface area contributed by atoms with Gasteiger partial charge in [-0.15, -0.1) is 0 Å². The maximum Gasteiger partial charge on any atom is 0.314 e. The van der Waals surface area contributed by atoms with Crippen LogP contribution in [0.4, 0.5) is 0 Å². The molecule has 1 aliphatic carbocycles. The van der Waals surface area contributed by atoms with Crippen LogP contribution in [0.1, 0.15) is 31.2 Å². The van der Waals surface area contributed by atoms with E-state index in [0.29, 0.717) is 34.9 Å². The highest BCUT2D eigenvalue weighted by Gasteiger charge is 2.45. The van der Waals surface area contributed by atoms with Crippen LogP contribution in [-0.2, 0) is 10.2 Å². The monoisotopic (exact) mass is 284 g/mol. The van der Waals surface area contributed by atoms with Crippen molar-refractivity contribution in [3.8, 4) is 11.5 Å². The number of ether oxygens (including phenoxy) is 2. The summed E-state index contributed by atoms with van der Waals surface area (Å²) in [7, 11) is 3.03. The van der Waals surface area contributed by atoms with E-state index in [0.717, 1.165) is 12.8 Å². The second kappa shape index (κ2) is 5.29. The van der Waals surface area contributed by atoms with E-state index >= 15 is 0 Å². The zero-order valence-corrected chi connectivity index (χ0v) is 11.8. The molecule has 0 bridgehead atoms. The topological polar surface area (TPSA) is 55.8 Å². The van der Waals surface area contributed by atoms with Gasteiger partial charge in [0.05, 0.1) is 19.6 Å². The van der Waals surface area contributed by atoms with Crippen molar-refractivity contribution in [1.82, 2.24) is 0 Å². The summed E-state index contributed by atoms with van der Waals surface area (Å²) in [5.41, 5.74) is -0.298. The molecular formula is C14H17ClO4. The van der Waals surface area contributed by atoms with Crippen LogP contribution in [0.3, 0.4) is 0 Å². The number of hydrogen-bond donors (Lipinski definition) is 1. The highest BCUT2D eigenvalue weighted by molar-refractivity contribution is 6.31. The van der Waals surface area contributed by atoms with Crippen LogP contribution in [-0.4, -0.2) is 25.3 Å². The summed E-state index contributed by atoms with van der Waals surface area (Å²) >= 11 is 6.07.